The number of nitrogens with zero attached hydrogens (tertiary/aromatic N) is 1. The fourth-order valence-corrected chi connectivity index (χ4v) is 1.92. The van der Waals surface area contributed by atoms with E-state index in [1.165, 1.54) is 12.1 Å². The molecule has 0 fully saturated rings. The van der Waals surface area contributed by atoms with Crippen LogP contribution < -0.4 is 4.74 Å². The monoisotopic (exact) mass is 319 g/mol. The zero-order valence-corrected chi connectivity index (χ0v) is 11.9. The van der Waals surface area contributed by atoms with E-state index in [0.29, 0.717) is 16.9 Å². The molecule has 2 nitrogen and oxygen atoms in total. The van der Waals surface area contributed by atoms with Gasteiger partial charge in [0.2, 0.25) is 0 Å². The van der Waals surface area contributed by atoms with Gasteiger partial charge < -0.3 is 4.74 Å². The smallest absolute Gasteiger partial charge is 0.124 e. The summed E-state index contributed by atoms with van der Waals surface area (Å²) < 4.78 is 19.8. The number of rotatable bonds is 3. The Morgan fingerprint density at radius 2 is 2.05 bits per heavy atom. The van der Waals surface area contributed by atoms with Crippen LogP contribution >= 0.6 is 15.9 Å². The maximum Gasteiger partial charge on any atom is 0.124 e. The average Bonchev–Trinajstić information content (AvgIpc) is 2.39. The number of hydrogen-bond donors (Lipinski definition) is 0. The van der Waals surface area contributed by atoms with E-state index in [9.17, 15) is 4.39 Å². The zero-order valence-electron chi connectivity index (χ0n) is 10.3. The molecule has 2 aromatic carbocycles. The lowest BCUT2D eigenvalue weighted by atomic mass is 10.1. The number of nitriles is 1. The summed E-state index contributed by atoms with van der Waals surface area (Å²) >= 11 is 3.41. The molecule has 0 unspecified atom stereocenters. The SMILES string of the molecule is Cc1cc(OCc2cc(F)cc(C#N)c2)ccc1Br. The van der Waals surface area contributed by atoms with Crippen molar-refractivity contribution in [1.29, 1.82) is 5.26 Å². The standard InChI is InChI=1S/C15H11BrFNO/c1-10-4-14(2-3-15(10)16)19-9-12-5-11(8-18)6-13(17)7-12/h2-7H,9H2,1H3. The summed E-state index contributed by atoms with van der Waals surface area (Å²) in [5.74, 6) is 0.285. The van der Waals surface area contributed by atoms with Crippen molar-refractivity contribution in [3.05, 3.63) is 63.4 Å². The van der Waals surface area contributed by atoms with Gasteiger partial charge in [0.1, 0.15) is 18.2 Å². The third-order valence-electron chi connectivity index (χ3n) is 2.62. The largest absolute Gasteiger partial charge is 0.489 e. The number of aryl methyl sites for hydroxylation is 1. The van der Waals surface area contributed by atoms with Gasteiger partial charge in [-0.15, -0.1) is 0 Å². The Labute approximate surface area is 119 Å². The molecule has 0 aliphatic heterocycles. The molecule has 0 atom stereocenters. The van der Waals surface area contributed by atoms with Crippen LogP contribution in [0.2, 0.25) is 0 Å². The van der Waals surface area contributed by atoms with Crippen molar-refractivity contribution in [1.82, 2.24) is 0 Å². The van der Waals surface area contributed by atoms with Crippen molar-refractivity contribution in [3.8, 4) is 11.8 Å². The Balaban J connectivity index is 2.12. The fourth-order valence-electron chi connectivity index (χ4n) is 1.67. The van der Waals surface area contributed by atoms with Crippen molar-refractivity contribution in [3.63, 3.8) is 0 Å². The van der Waals surface area contributed by atoms with E-state index in [-0.39, 0.29) is 6.61 Å². The molecule has 0 aromatic heterocycles. The topological polar surface area (TPSA) is 33.0 Å². The number of halogens is 2. The van der Waals surface area contributed by atoms with Gasteiger partial charge in [-0.2, -0.15) is 5.26 Å². The van der Waals surface area contributed by atoms with Crippen LogP contribution in [0.5, 0.6) is 5.75 Å². The van der Waals surface area contributed by atoms with Crippen molar-refractivity contribution >= 4 is 15.9 Å². The minimum Gasteiger partial charge on any atom is -0.489 e. The Morgan fingerprint density at radius 1 is 1.26 bits per heavy atom. The second kappa shape index (κ2) is 5.85. The van der Waals surface area contributed by atoms with Gasteiger partial charge in [-0.3, -0.25) is 0 Å². The predicted octanol–water partition coefficient (Wildman–Crippen LogP) is 4.35. The van der Waals surface area contributed by atoms with Gasteiger partial charge in [-0.25, -0.2) is 4.39 Å². The summed E-state index contributed by atoms with van der Waals surface area (Å²) in [6.45, 7) is 2.19. The summed E-state index contributed by atoms with van der Waals surface area (Å²) in [6, 6.07) is 11.7. The molecule has 19 heavy (non-hydrogen) atoms. The molecular weight excluding hydrogens is 309 g/mol. The molecule has 0 N–H and O–H groups in total. The number of ether oxygens (including phenoxy) is 1. The number of hydrogen-bond acceptors (Lipinski definition) is 2. The zero-order chi connectivity index (χ0) is 13.8. The van der Waals surface area contributed by atoms with Gasteiger partial charge in [0.25, 0.3) is 0 Å². The third kappa shape index (κ3) is 3.55. The van der Waals surface area contributed by atoms with E-state index < -0.39 is 5.82 Å². The Kier molecular flexibility index (Phi) is 4.18. The number of benzene rings is 2. The molecule has 0 aliphatic rings. The molecule has 0 bridgehead atoms. The van der Waals surface area contributed by atoms with E-state index in [2.05, 4.69) is 15.9 Å². The maximum absolute atomic E-state index is 13.2. The van der Waals surface area contributed by atoms with Crippen LogP contribution in [-0.4, -0.2) is 0 Å². The van der Waals surface area contributed by atoms with Gasteiger partial charge in [0.05, 0.1) is 11.6 Å². The van der Waals surface area contributed by atoms with Crippen molar-refractivity contribution in [2.24, 2.45) is 0 Å². The van der Waals surface area contributed by atoms with Gasteiger partial charge >= 0.3 is 0 Å². The first kappa shape index (κ1) is 13.6. The highest BCUT2D eigenvalue weighted by molar-refractivity contribution is 9.10. The lowest BCUT2D eigenvalue weighted by molar-refractivity contribution is 0.305. The van der Waals surface area contributed by atoms with Gasteiger partial charge in [0, 0.05) is 4.47 Å². The van der Waals surface area contributed by atoms with Crippen LogP contribution in [0, 0.1) is 24.1 Å². The van der Waals surface area contributed by atoms with Crippen LogP contribution in [-0.2, 0) is 6.61 Å². The Morgan fingerprint density at radius 3 is 2.74 bits per heavy atom. The molecule has 0 saturated heterocycles. The highest BCUT2D eigenvalue weighted by Crippen LogP contribution is 2.22. The van der Waals surface area contributed by atoms with Crippen LogP contribution in [0.4, 0.5) is 4.39 Å². The van der Waals surface area contributed by atoms with E-state index in [1.807, 2.05) is 31.2 Å². The molecular formula is C15H11BrFNO. The molecule has 4 heteroatoms. The maximum atomic E-state index is 13.2. The fraction of sp³-hybridized carbons (Fsp3) is 0.133. The lowest BCUT2D eigenvalue weighted by Gasteiger charge is -2.08. The van der Waals surface area contributed by atoms with E-state index in [0.717, 1.165) is 10.0 Å². The average molecular weight is 320 g/mol. The summed E-state index contributed by atoms with van der Waals surface area (Å²) in [4.78, 5) is 0. The summed E-state index contributed by atoms with van der Waals surface area (Å²) in [6.07, 6.45) is 0. The van der Waals surface area contributed by atoms with Crippen molar-refractivity contribution in [2.45, 2.75) is 13.5 Å². The molecule has 0 saturated carbocycles. The molecule has 2 rings (SSSR count). The quantitative estimate of drug-likeness (QED) is 0.842. The molecule has 2 aromatic rings. The second-order valence-electron chi connectivity index (χ2n) is 4.16. The highest BCUT2D eigenvalue weighted by atomic mass is 79.9. The predicted molar refractivity (Wildman–Crippen MR) is 74.3 cm³/mol. The molecule has 0 aliphatic carbocycles. The van der Waals surface area contributed by atoms with Crippen molar-refractivity contribution in [2.75, 3.05) is 0 Å². The summed E-state index contributed by atoms with van der Waals surface area (Å²) in [5, 5.41) is 8.78. The molecule has 0 heterocycles. The lowest BCUT2D eigenvalue weighted by Crippen LogP contribution is -1.97. The van der Waals surface area contributed by atoms with E-state index in [4.69, 9.17) is 10.00 Å². The van der Waals surface area contributed by atoms with Crippen LogP contribution in [0.1, 0.15) is 16.7 Å². The first-order valence-corrected chi connectivity index (χ1v) is 6.46. The van der Waals surface area contributed by atoms with Gasteiger partial charge in [-0.1, -0.05) is 15.9 Å². The summed E-state index contributed by atoms with van der Waals surface area (Å²) in [5.41, 5.74) is 2.00. The Bertz CT molecular complexity index is 649. The van der Waals surface area contributed by atoms with Crippen molar-refractivity contribution < 1.29 is 9.13 Å². The third-order valence-corrected chi connectivity index (χ3v) is 3.51. The molecule has 0 amide bonds. The second-order valence-corrected chi connectivity index (χ2v) is 5.01. The minimum atomic E-state index is -0.426. The molecule has 0 spiro atoms. The molecule has 0 radical (unpaired) electrons. The van der Waals surface area contributed by atoms with Crippen LogP contribution in [0.15, 0.2) is 40.9 Å². The summed E-state index contributed by atoms with van der Waals surface area (Å²) in [7, 11) is 0. The van der Waals surface area contributed by atoms with Crippen LogP contribution in [0.3, 0.4) is 0 Å². The van der Waals surface area contributed by atoms with E-state index >= 15 is 0 Å². The van der Waals surface area contributed by atoms with Gasteiger partial charge in [0.15, 0.2) is 0 Å². The molecule has 96 valence electrons. The minimum absolute atomic E-state index is 0.230. The normalized spacial score (nSPS) is 10.0. The highest BCUT2D eigenvalue weighted by Gasteiger charge is 2.03. The Hall–Kier alpha value is -1.86. The van der Waals surface area contributed by atoms with Gasteiger partial charge in [-0.05, 0) is 54.4 Å². The van der Waals surface area contributed by atoms with Crippen LogP contribution in [0.25, 0.3) is 0 Å². The van der Waals surface area contributed by atoms with E-state index in [1.54, 1.807) is 6.07 Å². The first-order chi connectivity index (χ1) is 9.08. The first-order valence-electron chi connectivity index (χ1n) is 5.67.